The quantitative estimate of drug-likeness (QED) is 0.932. The van der Waals surface area contributed by atoms with Crippen LogP contribution in [0.25, 0.3) is 0 Å². The molecule has 1 aliphatic rings. The molecule has 0 radical (unpaired) electrons. The molecule has 0 saturated carbocycles. The Hall–Kier alpha value is -2.63. The van der Waals surface area contributed by atoms with Gasteiger partial charge in [0.2, 0.25) is 5.91 Å². The van der Waals surface area contributed by atoms with Crippen molar-refractivity contribution in [3.63, 3.8) is 0 Å². The van der Waals surface area contributed by atoms with Crippen molar-refractivity contribution in [1.29, 1.82) is 0 Å². The Morgan fingerprint density at radius 1 is 1.26 bits per heavy atom. The maximum absolute atomic E-state index is 12.7. The summed E-state index contributed by atoms with van der Waals surface area (Å²) >= 11 is 0. The van der Waals surface area contributed by atoms with Crippen LogP contribution in [-0.2, 0) is 29.1 Å². The molecule has 23 heavy (non-hydrogen) atoms. The van der Waals surface area contributed by atoms with E-state index in [0.717, 1.165) is 22.5 Å². The third-order valence-electron chi connectivity index (χ3n) is 4.24. The maximum atomic E-state index is 12.7. The molecule has 120 valence electrons. The molecule has 1 aromatic heterocycles. The molecule has 2 heterocycles. The van der Waals surface area contributed by atoms with Gasteiger partial charge < -0.3 is 10.0 Å². The number of carbonyl (C=O) groups excluding carboxylic acids is 1. The summed E-state index contributed by atoms with van der Waals surface area (Å²) in [6, 6.07) is 8.74. The van der Waals surface area contributed by atoms with Crippen molar-refractivity contribution >= 4 is 11.9 Å². The number of rotatable bonds is 3. The lowest BCUT2D eigenvalue weighted by atomic mass is 9.94. The number of aliphatic carboxylic acids is 1. The molecule has 1 aromatic carbocycles. The molecule has 0 bridgehead atoms. The number of carbonyl (C=O) groups is 2. The van der Waals surface area contributed by atoms with Crippen LogP contribution < -0.4 is 0 Å². The van der Waals surface area contributed by atoms with Gasteiger partial charge in [0.15, 0.2) is 0 Å². The fourth-order valence-electron chi connectivity index (χ4n) is 3.06. The Kier molecular flexibility index (Phi) is 3.90. The monoisotopic (exact) mass is 313 g/mol. The summed E-state index contributed by atoms with van der Waals surface area (Å²) in [6.07, 6.45) is 0.342. The third-order valence-corrected chi connectivity index (χ3v) is 4.24. The summed E-state index contributed by atoms with van der Waals surface area (Å²) in [5, 5.41) is 13.8. The summed E-state index contributed by atoms with van der Waals surface area (Å²) in [5.41, 5.74) is 3.73. The molecule has 0 aliphatic carbocycles. The van der Waals surface area contributed by atoms with Gasteiger partial charge in [-0.2, -0.15) is 5.10 Å². The average Bonchev–Trinajstić information content (AvgIpc) is 2.83. The van der Waals surface area contributed by atoms with E-state index in [2.05, 4.69) is 5.10 Å². The van der Waals surface area contributed by atoms with Gasteiger partial charge in [-0.15, -0.1) is 0 Å². The van der Waals surface area contributed by atoms with Crippen molar-refractivity contribution < 1.29 is 14.7 Å². The molecule has 1 amide bonds. The largest absolute Gasteiger partial charge is 0.480 e. The van der Waals surface area contributed by atoms with Crippen LogP contribution in [0.5, 0.6) is 0 Å². The lowest BCUT2D eigenvalue weighted by Crippen LogP contribution is -2.49. The molecule has 0 unspecified atom stereocenters. The number of hydrogen-bond donors (Lipinski definition) is 1. The number of amides is 1. The van der Waals surface area contributed by atoms with Crippen LogP contribution in [0.15, 0.2) is 30.3 Å². The molecule has 0 spiro atoms. The van der Waals surface area contributed by atoms with E-state index >= 15 is 0 Å². The highest BCUT2D eigenvalue weighted by Crippen LogP contribution is 2.24. The van der Waals surface area contributed by atoms with Gasteiger partial charge in [-0.1, -0.05) is 24.3 Å². The molecule has 3 rings (SSSR count). The van der Waals surface area contributed by atoms with Crippen LogP contribution in [0.2, 0.25) is 0 Å². The van der Waals surface area contributed by atoms with Gasteiger partial charge in [0.1, 0.15) is 12.6 Å². The normalized spacial score (nSPS) is 17.0. The Balaban J connectivity index is 1.86. The summed E-state index contributed by atoms with van der Waals surface area (Å²) in [7, 11) is 0. The Morgan fingerprint density at radius 3 is 2.57 bits per heavy atom. The highest BCUT2D eigenvalue weighted by Gasteiger charge is 2.34. The number of nitrogens with zero attached hydrogens (tertiary/aromatic N) is 3. The minimum Gasteiger partial charge on any atom is -0.480 e. The topological polar surface area (TPSA) is 75.4 Å². The van der Waals surface area contributed by atoms with Crippen molar-refractivity contribution in [2.75, 3.05) is 0 Å². The van der Waals surface area contributed by atoms with Crippen LogP contribution in [0.3, 0.4) is 0 Å². The van der Waals surface area contributed by atoms with Gasteiger partial charge in [0, 0.05) is 18.7 Å². The number of aromatic nitrogens is 2. The number of aryl methyl sites for hydroxylation is 2. The predicted molar refractivity (Wildman–Crippen MR) is 83.8 cm³/mol. The molecular formula is C17H19N3O3. The second-order valence-electron chi connectivity index (χ2n) is 5.93. The Morgan fingerprint density at radius 2 is 1.96 bits per heavy atom. The minimum atomic E-state index is -0.971. The van der Waals surface area contributed by atoms with Gasteiger partial charge >= 0.3 is 5.97 Å². The van der Waals surface area contributed by atoms with E-state index in [-0.39, 0.29) is 12.5 Å². The second-order valence-corrected chi connectivity index (χ2v) is 5.93. The zero-order chi connectivity index (χ0) is 16.6. The van der Waals surface area contributed by atoms with Gasteiger partial charge in [-0.05, 0) is 31.0 Å². The lowest BCUT2D eigenvalue weighted by molar-refractivity contribution is -0.151. The Bertz CT molecular complexity index is 766. The van der Waals surface area contributed by atoms with Gasteiger partial charge in [0.25, 0.3) is 0 Å². The molecule has 1 aliphatic heterocycles. The number of fused-ring (bicyclic) bond motifs is 1. The highest BCUT2D eigenvalue weighted by atomic mass is 16.4. The van der Waals surface area contributed by atoms with Crippen molar-refractivity contribution in [2.45, 2.75) is 39.4 Å². The van der Waals surface area contributed by atoms with Crippen molar-refractivity contribution in [2.24, 2.45) is 0 Å². The van der Waals surface area contributed by atoms with E-state index in [4.69, 9.17) is 0 Å². The highest BCUT2D eigenvalue weighted by molar-refractivity contribution is 5.84. The van der Waals surface area contributed by atoms with Crippen LogP contribution in [-0.4, -0.2) is 37.7 Å². The molecule has 1 atom stereocenters. The van der Waals surface area contributed by atoms with Gasteiger partial charge in [-0.25, -0.2) is 4.79 Å². The maximum Gasteiger partial charge on any atom is 0.326 e. The molecular weight excluding hydrogens is 294 g/mol. The first-order valence-corrected chi connectivity index (χ1v) is 7.56. The zero-order valence-corrected chi connectivity index (χ0v) is 13.2. The summed E-state index contributed by atoms with van der Waals surface area (Å²) in [4.78, 5) is 25.7. The standard InChI is InChI=1S/C17H19N3O3/c1-11-7-12(2)20(18-11)10-16(21)19-9-14-6-4-3-5-13(14)8-15(19)17(22)23/h3-7,15H,8-10H2,1-2H3,(H,22,23)/t15-/m1/s1. The first kappa shape index (κ1) is 15.3. The number of carboxylic acids is 1. The van der Waals surface area contributed by atoms with Crippen LogP contribution >= 0.6 is 0 Å². The van der Waals surface area contributed by atoms with Crippen LogP contribution in [0, 0.1) is 13.8 Å². The fourth-order valence-corrected chi connectivity index (χ4v) is 3.06. The fraction of sp³-hybridized carbons (Fsp3) is 0.353. The third kappa shape index (κ3) is 2.97. The van der Waals surface area contributed by atoms with Crippen LogP contribution in [0.4, 0.5) is 0 Å². The van der Waals surface area contributed by atoms with E-state index in [0.29, 0.717) is 13.0 Å². The van der Waals surface area contributed by atoms with E-state index < -0.39 is 12.0 Å². The lowest BCUT2D eigenvalue weighted by Gasteiger charge is -2.34. The number of hydrogen-bond acceptors (Lipinski definition) is 3. The van der Waals surface area contributed by atoms with E-state index in [1.54, 1.807) is 4.68 Å². The number of benzene rings is 1. The number of carboxylic acid groups (broad SMARTS) is 1. The molecule has 0 saturated heterocycles. The van der Waals surface area contributed by atoms with E-state index in [1.807, 2.05) is 44.2 Å². The molecule has 1 N–H and O–H groups in total. The Labute approximate surface area is 134 Å². The SMILES string of the molecule is Cc1cc(C)n(CC(=O)N2Cc3ccccc3C[C@@H]2C(=O)O)n1. The van der Waals surface area contributed by atoms with Crippen molar-refractivity contribution in [1.82, 2.24) is 14.7 Å². The van der Waals surface area contributed by atoms with Crippen molar-refractivity contribution in [3.05, 3.63) is 52.8 Å². The molecule has 2 aromatic rings. The molecule has 6 nitrogen and oxygen atoms in total. The zero-order valence-electron chi connectivity index (χ0n) is 13.2. The molecule has 6 heteroatoms. The van der Waals surface area contributed by atoms with Gasteiger partial charge in [-0.3, -0.25) is 9.48 Å². The predicted octanol–water partition coefficient (Wildman–Crippen LogP) is 1.54. The smallest absolute Gasteiger partial charge is 0.326 e. The summed E-state index contributed by atoms with van der Waals surface area (Å²) in [6.45, 7) is 4.13. The van der Waals surface area contributed by atoms with Gasteiger partial charge in [0.05, 0.1) is 5.69 Å². The van der Waals surface area contributed by atoms with E-state index in [9.17, 15) is 14.7 Å². The first-order valence-electron chi connectivity index (χ1n) is 7.56. The minimum absolute atomic E-state index is 0.0611. The van der Waals surface area contributed by atoms with Crippen LogP contribution in [0.1, 0.15) is 22.5 Å². The summed E-state index contributed by atoms with van der Waals surface area (Å²) in [5.74, 6) is -1.20. The first-order chi connectivity index (χ1) is 11.0. The molecule has 0 fully saturated rings. The van der Waals surface area contributed by atoms with Crippen molar-refractivity contribution in [3.8, 4) is 0 Å². The average molecular weight is 313 g/mol. The second kappa shape index (κ2) is 5.87. The summed E-state index contributed by atoms with van der Waals surface area (Å²) < 4.78 is 1.62. The van der Waals surface area contributed by atoms with E-state index in [1.165, 1.54) is 4.90 Å².